The highest BCUT2D eigenvalue weighted by molar-refractivity contribution is 5.16. The average Bonchev–Trinajstić information content (AvgIpc) is 2.36. The lowest BCUT2D eigenvalue weighted by Gasteiger charge is -2.58. The Bertz CT molecular complexity index is 404. The summed E-state index contributed by atoms with van der Waals surface area (Å²) in [5.41, 5.74) is 3.46. The Morgan fingerprint density at radius 1 is 1.35 bits per heavy atom. The van der Waals surface area contributed by atoms with E-state index in [9.17, 15) is 0 Å². The van der Waals surface area contributed by atoms with E-state index in [-0.39, 0.29) is 0 Å². The predicted molar refractivity (Wildman–Crippen MR) is 86.7 cm³/mol. The molecule has 1 nitrogen and oxygen atoms in total. The summed E-state index contributed by atoms with van der Waals surface area (Å²) in [5, 5.41) is 9.13. The normalized spacial score (nSPS) is 37.6. The molecule has 2 aliphatic carbocycles. The minimum absolute atomic E-state index is 0.423. The van der Waals surface area contributed by atoms with Gasteiger partial charge < -0.3 is 5.11 Å². The number of hydrogen-bond acceptors (Lipinski definition) is 1. The van der Waals surface area contributed by atoms with E-state index < -0.39 is 0 Å². The van der Waals surface area contributed by atoms with Gasteiger partial charge in [-0.25, -0.2) is 0 Å². The lowest BCUT2D eigenvalue weighted by atomic mass is 9.47. The molecule has 0 aromatic heterocycles. The van der Waals surface area contributed by atoms with Gasteiger partial charge in [0.25, 0.3) is 0 Å². The zero-order valence-corrected chi connectivity index (χ0v) is 13.8. The van der Waals surface area contributed by atoms with Crippen LogP contribution in [-0.4, -0.2) is 5.11 Å². The van der Waals surface area contributed by atoms with Gasteiger partial charge in [-0.3, -0.25) is 0 Å². The van der Waals surface area contributed by atoms with E-state index in [1.807, 2.05) is 6.92 Å². The van der Waals surface area contributed by atoms with Crippen molar-refractivity contribution in [1.29, 1.82) is 0 Å². The van der Waals surface area contributed by atoms with Crippen LogP contribution in [0.25, 0.3) is 0 Å². The first-order valence-corrected chi connectivity index (χ1v) is 8.29. The molecule has 0 radical (unpaired) electrons. The fourth-order valence-electron chi connectivity index (χ4n) is 5.24. The van der Waals surface area contributed by atoms with E-state index in [0.29, 0.717) is 16.7 Å². The maximum Gasteiger partial charge on any atom is 0.0780 e. The highest BCUT2D eigenvalue weighted by Crippen LogP contribution is 2.61. The van der Waals surface area contributed by atoms with Crippen molar-refractivity contribution < 1.29 is 5.11 Å². The Morgan fingerprint density at radius 3 is 2.70 bits per heavy atom. The van der Waals surface area contributed by atoms with Crippen LogP contribution in [0.5, 0.6) is 0 Å². The van der Waals surface area contributed by atoms with Gasteiger partial charge in [0.15, 0.2) is 0 Å². The van der Waals surface area contributed by atoms with Crippen LogP contribution in [0.15, 0.2) is 24.0 Å². The molecule has 2 rings (SSSR count). The summed E-state index contributed by atoms with van der Waals surface area (Å²) < 4.78 is 0. The first kappa shape index (κ1) is 15.7. The molecular weight excluding hydrogens is 244 g/mol. The Hall–Kier alpha value is -0.720. The van der Waals surface area contributed by atoms with Gasteiger partial charge in [-0.15, -0.1) is 0 Å². The molecule has 0 aromatic carbocycles. The minimum Gasteiger partial charge on any atom is -0.516 e. The highest BCUT2D eigenvalue weighted by atomic mass is 16.2. The maximum absolute atomic E-state index is 9.13. The summed E-state index contributed by atoms with van der Waals surface area (Å²) in [5.74, 6) is 1.47. The van der Waals surface area contributed by atoms with Crippen LogP contribution < -0.4 is 0 Å². The van der Waals surface area contributed by atoms with Crippen LogP contribution >= 0.6 is 0 Å². The Labute approximate surface area is 125 Å². The molecule has 0 aliphatic heterocycles. The number of aliphatic hydroxyl groups is 1. The van der Waals surface area contributed by atoms with Crippen LogP contribution in [0.1, 0.15) is 72.6 Å². The minimum atomic E-state index is 0.423. The van der Waals surface area contributed by atoms with Gasteiger partial charge >= 0.3 is 0 Å². The maximum atomic E-state index is 9.13. The van der Waals surface area contributed by atoms with Gasteiger partial charge in [0, 0.05) is 0 Å². The third kappa shape index (κ3) is 2.69. The molecule has 1 N–H and O–H groups in total. The second-order valence-electron chi connectivity index (χ2n) is 8.16. The van der Waals surface area contributed by atoms with Crippen molar-refractivity contribution in [2.75, 3.05) is 0 Å². The van der Waals surface area contributed by atoms with Crippen molar-refractivity contribution in [3.63, 3.8) is 0 Å². The SMILES string of the molecule is C=C1CCC2C(C)(C)CCCC2(C)C1CCC(C)=CO. The number of allylic oxidation sites excluding steroid dienone is 2. The van der Waals surface area contributed by atoms with E-state index in [0.717, 1.165) is 24.3 Å². The fourth-order valence-corrected chi connectivity index (χ4v) is 5.24. The van der Waals surface area contributed by atoms with Gasteiger partial charge in [0.1, 0.15) is 0 Å². The van der Waals surface area contributed by atoms with Gasteiger partial charge in [0.05, 0.1) is 6.26 Å². The average molecular weight is 276 g/mol. The third-order valence-corrected chi connectivity index (χ3v) is 6.37. The van der Waals surface area contributed by atoms with Crippen molar-refractivity contribution in [3.05, 3.63) is 24.0 Å². The Balaban J connectivity index is 2.22. The molecule has 0 amide bonds. The van der Waals surface area contributed by atoms with E-state index in [1.54, 1.807) is 0 Å². The number of aliphatic hydroxyl groups excluding tert-OH is 1. The number of fused-ring (bicyclic) bond motifs is 1. The Morgan fingerprint density at radius 2 is 2.05 bits per heavy atom. The first-order valence-electron chi connectivity index (χ1n) is 8.29. The molecule has 2 fully saturated rings. The second-order valence-corrected chi connectivity index (χ2v) is 8.16. The summed E-state index contributed by atoms with van der Waals surface area (Å²) in [4.78, 5) is 0. The van der Waals surface area contributed by atoms with Crippen molar-refractivity contribution in [3.8, 4) is 0 Å². The van der Waals surface area contributed by atoms with Gasteiger partial charge in [-0.1, -0.05) is 39.3 Å². The first-order chi connectivity index (χ1) is 9.31. The van der Waals surface area contributed by atoms with Crippen LogP contribution in [0, 0.1) is 22.7 Å². The van der Waals surface area contributed by atoms with E-state index in [2.05, 4.69) is 27.4 Å². The summed E-state index contributed by atoms with van der Waals surface area (Å²) in [7, 11) is 0. The number of hydrogen-bond donors (Lipinski definition) is 1. The summed E-state index contributed by atoms with van der Waals surface area (Å²) in [6, 6.07) is 0. The number of rotatable bonds is 3. The highest BCUT2D eigenvalue weighted by Gasteiger charge is 2.52. The summed E-state index contributed by atoms with van der Waals surface area (Å²) >= 11 is 0. The van der Waals surface area contributed by atoms with Crippen LogP contribution in [0.2, 0.25) is 0 Å². The van der Waals surface area contributed by atoms with Crippen molar-refractivity contribution in [2.45, 2.75) is 72.6 Å². The van der Waals surface area contributed by atoms with E-state index in [1.165, 1.54) is 43.9 Å². The summed E-state index contributed by atoms with van der Waals surface area (Å²) in [6.45, 7) is 13.9. The largest absolute Gasteiger partial charge is 0.516 e. The molecule has 2 saturated carbocycles. The van der Waals surface area contributed by atoms with E-state index in [4.69, 9.17) is 5.11 Å². The smallest absolute Gasteiger partial charge is 0.0780 e. The monoisotopic (exact) mass is 276 g/mol. The van der Waals surface area contributed by atoms with Gasteiger partial charge in [-0.2, -0.15) is 0 Å². The molecule has 114 valence electrons. The lowest BCUT2D eigenvalue weighted by Crippen LogP contribution is -2.49. The van der Waals surface area contributed by atoms with Crippen molar-refractivity contribution in [1.82, 2.24) is 0 Å². The molecule has 0 bridgehead atoms. The van der Waals surface area contributed by atoms with Crippen LogP contribution in [0.4, 0.5) is 0 Å². The molecular formula is C19H32O. The standard InChI is InChI=1S/C19H32O/c1-14(13-20)7-9-16-15(2)8-10-17-18(3,4)11-6-12-19(16,17)5/h13,16-17,20H,2,6-12H2,1,3-5H3. The van der Waals surface area contributed by atoms with Gasteiger partial charge in [0.2, 0.25) is 0 Å². The van der Waals surface area contributed by atoms with Crippen LogP contribution in [0.3, 0.4) is 0 Å². The molecule has 0 aromatic rings. The fraction of sp³-hybridized carbons (Fsp3) is 0.789. The third-order valence-electron chi connectivity index (χ3n) is 6.37. The second kappa shape index (κ2) is 5.58. The molecule has 0 heterocycles. The van der Waals surface area contributed by atoms with Crippen molar-refractivity contribution >= 4 is 0 Å². The molecule has 1 heteroatoms. The molecule has 0 saturated heterocycles. The predicted octanol–water partition coefficient (Wildman–Crippen LogP) is 6.03. The topological polar surface area (TPSA) is 20.2 Å². The van der Waals surface area contributed by atoms with E-state index >= 15 is 0 Å². The zero-order chi connectivity index (χ0) is 15.0. The Kier molecular flexibility index (Phi) is 4.37. The lowest BCUT2D eigenvalue weighted by molar-refractivity contribution is -0.0539. The van der Waals surface area contributed by atoms with Crippen molar-refractivity contribution in [2.24, 2.45) is 22.7 Å². The molecule has 20 heavy (non-hydrogen) atoms. The quantitative estimate of drug-likeness (QED) is 0.493. The van der Waals surface area contributed by atoms with Crippen LogP contribution in [-0.2, 0) is 0 Å². The van der Waals surface area contributed by atoms with Gasteiger partial charge in [-0.05, 0) is 73.7 Å². The molecule has 3 unspecified atom stereocenters. The zero-order valence-electron chi connectivity index (χ0n) is 13.8. The summed E-state index contributed by atoms with van der Waals surface area (Å²) in [6.07, 6.45) is 10.1. The molecule has 3 atom stereocenters. The molecule has 0 spiro atoms. The molecule has 2 aliphatic rings.